The van der Waals surface area contributed by atoms with Gasteiger partial charge in [-0.05, 0) is 30.2 Å². The van der Waals surface area contributed by atoms with Crippen molar-refractivity contribution in [1.82, 2.24) is 9.97 Å². The molecule has 0 fully saturated rings. The molecule has 0 radical (unpaired) electrons. The largest absolute Gasteiger partial charge is 0.342 e. The third-order valence-corrected chi connectivity index (χ3v) is 3.47. The second-order valence-corrected chi connectivity index (χ2v) is 4.44. The topological polar surface area (TPSA) is 28.7 Å². The lowest BCUT2D eigenvalue weighted by molar-refractivity contribution is 1.17. The van der Waals surface area contributed by atoms with Crippen molar-refractivity contribution in [3.63, 3.8) is 0 Å². The maximum absolute atomic E-state index is 4.43. The van der Waals surface area contributed by atoms with E-state index in [0.29, 0.717) is 0 Å². The van der Waals surface area contributed by atoms with Gasteiger partial charge in [-0.15, -0.1) is 0 Å². The quantitative estimate of drug-likeness (QED) is 0.691. The number of imidazole rings is 1. The van der Waals surface area contributed by atoms with Gasteiger partial charge in [0, 0.05) is 11.5 Å². The molecule has 1 aliphatic rings. The molecule has 2 aromatic rings. The van der Waals surface area contributed by atoms with E-state index < -0.39 is 0 Å². The highest BCUT2D eigenvalue weighted by molar-refractivity contribution is 7.98. The Morgan fingerprint density at radius 1 is 1.31 bits per heavy atom. The van der Waals surface area contributed by atoms with Crippen LogP contribution in [-0.2, 0) is 11.5 Å². The first-order valence-corrected chi connectivity index (χ1v) is 5.54. The molecular weight excluding hydrogens is 180 g/mol. The number of nitrogens with zero attached hydrogens (tertiary/aromatic N) is 1. The molecule has 13 heavy (non-hydrogen) atoms. The van der Waals surface area contributed by atoms with E-state index in [1.807, 2.05) is 18.7 Å². The zero-order chi connectivity index (χ0) is 8.84. The molecular formula is C10H10N2S. The second kappa shape index (κ2) is 2.51. The maximum atomic E-state index is 4.43. The van der Waals surface area contributed by atoms with Gasteiger partial charge in [0.1, 0.15) is 5.82 Å². The first kappa shape index (κ1) is 7.44. The number of hydrogen-bond acceptors (Lipinski definition) is 2. The van der Waals surface area contributed by atoms with Crippen LogP contribution in [0, 0.1) is 6.92 Å². The molecule has 0 spiro atoms. The SMILES string of the molecule is Cc1nc2cc3c(cc2[nH]1)CSC3. The van der Waals surface area contributed by atoms with Crippen molar-refractivity contribution in [3.8, 4) is 0 Å². The molecule has 0 atom stereocenters. The number of aryl methyl sites for hydroxylation is 1. The fourth-order valence-electron chi connectivity index (χ4n) is 1.81. The van der Waals surface area contributed by atoms with E-state index in [0.717, 1.165) is 22.8 Å². The summed E-state index contributed by atoms with van der Waals surface area (Å²) in [5.41, 5.74) is 5.22. The third-order valence-electron chi connectivity index (χ3n) is 2.44. The van der Waals surface area contributed by atoms with Gasteiger partial charge >= 0.3 is 0 Å². The molecule has 0 saturated carbocycles. The summed E-state index contributed by atoms with van der Waals surface area (Å²) in [5.74, 6) is 3.31. The molecule has 1 aliphatic heterocycles. The van der Waals surface area contributed by atoms with E-state index in [1.165, 1.54) is 16.6 Å². The molecule has 2 nitrogen and oxygen atoms in total. The zero-order valence-corrected chi connectivity index (χ0v) is 8.24. The van der Waals surface area contributed by atoms with Gasteiger partial charge in [-0.3, -0.25) is 0 Å². The summed E-state index contributed by atoms with van der Waals surface area (Å²) < 4.78 is 0. The van der Waals surface area contributed by atoms with Crippen molar-refractivity contribution in [1.29, 1.82) is 0 Å². The number of hydrogen-bond donors (Lipinski definition) is 1. The minimum absolute atomic E-state index is 1.01. The Bertz CT molecular complexity index is 432. The number of fused-ring (bicyclic) bond motifs is 2. The number of rotatable bonds is 0. The monoisotopic (exact) mass is 190 g/mol. The Hall–Kier alpha value is -0.960. The number of aromatic nitrogens is 2. The molecule has 0 bridgehead atoms. The summed E-state index contributed by atoms with van der Waals surface area (Å²) in [4.78, 5) is 7.69. The second-order valence-electron chi connectivity index (χ2n) is 3.45. The molecule has 3 heteroatoms. The van der Waals surface area contributed by atoms with Gasteiger partial charge in [-0.2, -0.15) is 11.8 Å². The third kappa shape index (κ3) is 1.07. The van der Waals surface area contributed by atoms with Crippen molar-refractivity contribution < 1.29 is 0 Å². The van der Waals surface area contributed by atoms with Crippen LogP contribution in [0.3, 0.4) is 0 Å². The fraction of sp³-hybridized carbons (Fsp3) is 0.300. The van der Waals surface area contributed by atoms with E-state index in [2.05, 4.69) is 22.1 Å². The predicted molar refractivity (Wildman–Crippen MR) is 55.8 cm³/mol. The van der Waals surface area contributed by atoms with Crippen LogP contribution in [0.4, 0.5) is 0 Å². The van der Waals surface area contributed by atoms with Crippen LogP contribution >= 0.6 is 11.8 Å². The molecule has 0 saturated heterocycles. The van der Waals surface area contributed by atoms with Crippen LogP contribution in [0.15, 0.2) is 12.1 Å². The van der Waals surface area contributed by atoms with Gasteiger partial charge in [0.05, 0.1) is 11.0 Å². The van der Waals surface area contributed by atoms with Gasteiger partial charge in [0.15, 0.2) is 0 Å². The molecule has 0 amide bonds. The Morgan fingerprint density at radius 2 is 2.08 bits per heavy atom. The number of thioether (sulfide) groups is 1. The zero-order valence-electron chi connectivity index (χ0n) is 7.42. The highest BCUT2D eigenvalue weighted by atomic mass is 32.2. The smallest absolute Gasteiger partial charge is 0.104 e. The number of H-pyrrole nitrogens is 1. The van der Waals surface area contributed by atoms with Crippen LogP contribution in [0.5, 0.6) is 0 Å². The summed E-state index contributed by atoms with van der Waals surface area (Å²) in [6.07, 6.45) is 0. The Balaban J connectivity index is 2.35. The van der Waals surface area contributed by atoms with Gasteiger partial charge in [-0.25, -0.2) is 4.98 Å². The lowest BCUT2D eigenvalue weighted by atomic mass is 10.1. The summed E-state index contributed by atoms with van der Waals surface area (Å²) in [5, 5.41) is 0. The van der Waals surface area contributed by atoms with Gasteiger partial charge < -0.3 is 4.98 Å². The maximum Gasteiger partial charge on any atom is 0.104 e. The molecule has 3 rings (SSSR count). The molecule has 1 aromatic heterocycles. The summed E-state index contributed by atoms with van der Waals surface area (Å²) in [6, 6.07) is 4.46. The molecule has 1 N–H and O–H groups in total. The highest BCUT2D eigenvalue weighted by Gasteiger charge is 2.13. The Labute approximate surface area is 80.8 Å². The summed E-state index contributed by atoms with van der Waals surface area (Å²) >= 11 is 1.98. The highest BCUT2D eigenvalue weighted by Crippen LogP contribution is 2.32. The van der Waals surface area contributed by atoms with E-state index >= 15 is 0 Å². The van der Waals surface area contributed by atoms with E-state index in [1.54, 1.807) is 0 Å². The molecule has 66 valence electrons. The van der Waals surface area contributed by atoms with Crippen LogP contribution in [0.25, 0.3) is 11.0 Å². The number of nitrogens with one attached hydrogen (secondary N) is 1. The Morgan fingerprint density at radius 3 is 2.92 bits per heavy atom. The minimum atomic E-state index is 1.01. The lowest BCUT2D eigenvalue weighted by Gasteiger charge is -1.95. The molecule has 2 heterocycles. The van der Waals surface area contributed by atoms with E-state index in [4.69, 9.17) is 0 Å². The lowest BCUT2D eigenvalue weighted by Crippen LogP contribution is -1.81. The van der Waals surface area contributed by atoms with Crippen LogP contribution in [0.2, 0.25) is 0 Å². The van der Waals surface area contributed by atoms with Gasteiger partial charge in [0.2, 0.25) is 0 Å². The van der Waals surface area contributed by atoms with Crippen molar-refractivity contribution >= 4 is 22.8 Å². The first-order chi connectivity index (χ1) is 6.33. The van der Waals surface area contributed by atoms with Crippen molar-refractivity contribution in [2.45, 2.75) is 18.4 Å². The first-order valence-electron chi connectivity index (χ1n) is 4.39. The van der Waals surface area contributed by atoms with Crippen molar-refractivity contribution in [3.05, 3.63) is 29.1 Å². The molecule has 0 unspecified atom stereocenters. The average molecular weight is 190 g/mol. The van der Waals surface area contributed by atoms with E-state index in [9.17, 15) is 0 Å². The summed E-state index contributed by atoms with van der Waals surface area (Å²) in [7, 11) is 0. The van der Waals surface area contributed by atoms with Crippen molar-refractivity contribution in [2.75, 3.05) is 0 Å². The van der Waals surface area contributed by atoms with E-state index in [-0.39, 0.29) is 0 Å². The minimum Gasteiger partial charge on any atom is -0.342 e. The standard InChI is InChI=1S/C10H10N2S/c1-6-11-9-2-7-4-13-5-8(7)3-10(9)12-6/h2-3H,4-5H2,1H3,(H,11,12). The fourth-order valence-corrected chi connectivity index (χ4v) is 2.89. The van der Waals surface area contributed by atoms with Crippen LogP contribution in [0.1, 0.15) is 17.0 Å². The normalized spacial score (nSPS) is 15.2. The summed E-state index contributed by atoms with van der Waals surface area (Å²) in [6.45, 7) is 2.00. The average Bonchev–Trinajstić information content (AvgIpc) is 2.63. The molecule has 1 aromatic carbocycles. The van der Waals surface area contributed by atoms with Crippen LogP contribution in [-0.4, -0.2) is 9.97 Å². The van der Waals surface area contributed by atoms with Crippen LogP contribution < -0.4 is 0 Å². The van der Waals surface area contributed by atoms with Gasteiger partial charge in [-0.1, -0.05) is 0 Å². The number of aromatic amines is 1. The molecule has 0 aliphatic carbocycles. The van der Waals surface area contributed by atoms with Gasteiger partial charge in [0.25, 0.3) is 0 Å². The Kier molecular flexibility index (Phi) is 1.44. The van der Waals surface area contributed by atoms with Crippen molar-refractivity contribution in [2.24, 2.45) is 0 Å². The number of benzene rings is 1. The predicted octanol–water partition coefficient (Wildman–Crippen LogP) is 2.62.